The van der Waals surface area contributed by atoms with Crippen molar-refractivity contribution >= 4 is 19.9 Å². The maximum Gasteiger partial charge on any atom is 0.243 e. The van der Waals surface area contributed by atoms with Crippen LogP contribution in [0.25, 0.3) is 11.1 Å². The summed E-state index contributed by atoms with van der Waals surface area (Å²) in [5, 5.41) is 23.5. The fraction of sp³-hybridized carbons (Fsp3) is 0.471. The van der Waals surface area contributed by atoms with Crippen LogP contribution in [0.3, 0.4) is 0 Å². The lowest BCUT2D eigenvalue weighted by molar-refractivity contribution is -0.0312. The number of sulfonamides is 1. The van der Waals surface area contributed by atoms with E-state index in [1.54, 1.807) is 48.5 Å². The van der Waals surface area contributed by atoms with Gasteiger partial charge in [-0.2, -0.15) is 4.31 Å². The van der Waals surface area contributed by atoms with E-state index < -0.39 is 48.7 Å². The van der Waals surface area contributed by atoms with Crippen molar-refractivity contribution in [2.24, 2.45) is 5.73 Å². The number of nitrogens with one attached hydrogen (secondary N) is 1. The molecule has 1 aliphatic carbocycles. The summed E-state index contributed by atoms with van der Waals surface area (Å²) >= 11 is 0. The molecule has 6 rings (SSSR count). The van der Waals surface area contributed by atoms with E-state index in [4.69, 9.17) is 15.2 Å². The molecule has 14 heteroatoms. The smallest absolute Gasteiger partial charge is 0.243 e. The van der Waals surface area contributed by atoms with E-state index in [0.29, 0.717) is 74.2 Å². The summed E-state index contributed by atoms with van der Waals surface area (Å²) in [6.45, 7) is 0.851. The fourth-order valence-electron chi connectivity index (χ4n) is 6.52. The van der Waals surface area contributed by atoms with Crippen LogP contribution in [0.1, 0.15) is 37.7 Å². The lowest BCUT2D eigenvalue weighted by atomic mass is 9.88. The Bertz CT molecular complexity index is 1840. The summed E-state index contributed by atoms with van der Waals surface area (Å²) < 4.78 is 79.6. The predicted octanol–water partition coefficient (Wildman–Crippen LogP) is 2.59. The molecule has 2 saturated heterocycles. The number of nitrogens with zero attached hydrogens (tertiary/aromatic N) is 1. The van der Waals surface area contributed by atoms with Crippen molar-refractivity contribution in [1.29, 1.82) is 0 Å². The molecule has 2 atom stereocenters. The Balaban J connectivity index is 0.982. The molecule has 0 bridgehead atoms. The number of benzene rings is 3. The summed E-state index contributed by atoms with van der Waals surface area (Å²) in [4.78, 5) is 0.234. The van der Waals surface area contributed by atoms with Crippen molar-refractivity contribution in [2.45, 2.75) is 70.9 Å². The third-order valence-electron chi connectivity index (χ3n) is 9.79. The second kappa shape index (κ2) is 13.8. The number of halogens is 1. The van der Waals surface area contributed by atoms with E-state index in [-0.39, 0.29) is 35.5 Å². The SMILES string of the molecule is NCc1ccc(-c2cccc(S(=O)(=O)N3CCC4(CC3)CC(NCC(O)COc3cccc(S(=O)(=O)C5(CO)CC5)c3)CO4)c2)cc1F. The molecule has 3 fully saturated rings. The van der Waals surface area contributed by atoms with Gasteiger partial charge in [-0.15, -0.1) is 0 Å². The first-order chi connectivity index (χ1) is 22.9. The highest BCUT2D eigenvalue weighted by Gasteiger charge is 2.54. The largest absolute Gasteiger partial charge is 0.491 e. The molecular weight excluding hydrogens is 662 g/mol. The van der Waals surface area contributed by atoms with Crippen molar-refractivity contribution in [1.82, 2.24) is 9.62 Å². The Labute approximate surface area is 280 Å². The van der Waals surface area contributed by atoms with Gasteiger partial charge in [0.05, 0.1) is 33.4 Å². The first-order valence-corrected chi connectivity index (χ1v) is 19.1. The molecule has 0 radical (unpaired) electrons. The number of piperidine rings is 1. The monoisotopic (exact) mass is 703 g/mol. The van der Waals surface area contributed by atoms with Crippen LogP contribution < -0.4 is 15.8 Å². The van der Waals surface area contributed by atoms with Crippen LogP contribution in [0.4, 0.5) is 4.39 Å². The van der Waals surface area contributed by atoms with Crippen LogP contribution in [0.2, 0.25) is 0 Å². The Hall–Kier alpha value is -2.95. The Kier molecular flexibility index (Phi) is 10.00. The predicted molar refractivity (Wildman–Crippen MR) is 177 cm³/mol. The Morgan fingerprint density at radius 3 is 2.38 bits per heavy atom. The summed E-state index contributed by atoms with van der Waals surface area (Å²) in [5.74, 6) is -0.116. The number of hydrogen-bond donors (Lipinski definition) is 4. The number of aliphatic hydroxyl groups excluding tert-OH is 2. The number of rotatable bonds is 13. The summed E-state index contributed by atoms with van der Waals surface area (Å²) in [5.41, 5.74) is 6.66. The summed E-state index contributed by atoms with van der Waals surface area (Å²) in [7, 11) is -7.47. The molecule has 1 spiro atoms. The maximum atomic E-state index is 14.3. The summed E-state index contributed by atoms with van der Waals surface area (Å²) in [6, 6.07) is 17.3. The lowest BCUT2D eigenvalue weighted by Gasteiger charge is -2.38. The molecule has 0 amide bonds. The third-order valence-corrected chi connectivity index (χ3v) is 14.2. The van der Waals surface area contributed by atoms with Gasteiger partial charge in [0, 0.05) is 37.8 Å². The highest BCUT2D eigenvalue weighted by atomic mass is 32.2. The number of sulfone groups is 1. The molecule has 1 saturated carbocycles. The van der Waals surface area contributed by atoms with Gasteiger partial charge in [0.1, 0.15) is 24.3 Å². The second-order valence-corrected chi connectivity index (χ2v) is 17.3. The molecular formula is C34H42FN3O8S2. The van der Waals surface area contributed by atoms with Crippen LogP contribution in [0.5, 0.6) is 5.75 Å². The number of aliphatic hydroxyl groups is 2. The molecule has 3 aliphatic rings. The van der Waals surface area contributed by atoms with Crippen molar-refractivity contribution in [2.75, 3.05) is 39.5 Å². The van der Waals surface area contributed by atoms with Crippen LogP contribution in [-0.4, -0.2) is 93.3 Å². The minimum absolute atomic E-state index is 0.0350. The van der Waals surface area contributed by atoms with E-state index in [1.165, 1.54) is 22.5 Å². The van der Waals surface area contributed by atoms with Gasteiger partial charge in [0.25, 0.3) is 0 Å². The minimum Gasteiger partial charge on any atom is -0.491 e. The van der Waals surface area contributed by atoms with Gasteiger partial charge in [0.2, 0.25) is 10.0 Å². The highest BCUT2D eigenvalue weighted by molar-refractivity contribution is 7.93. The lowest BCUT2D eigenvalue weighted by Crippen LogP contribution is -2.47. The zero-order chi connectivity index (χ0) is 34.2. The van der Waals surface area contributed by atoms with Crippen LogP contribution >= 0.6 is 0 Å². The average molecular weight is 704 g/mol. The Morgan fingerprint density at radius 2 is 1.69 bits per heavy atom. The highest BCUT2D eigenvalue weighted by Crippen LogP contribution is 2.46. The second-order valence-electron chi connectivity index (χ2n) is 13.0. The van der Waals surface area contributed by atoms with E-state index in [0.717, 1.165) is 0 Å². The van der Waals surface area contributed by atoms with Gasteiger partial charge in [-0.25, -0.2) is 21.2 Å². The molecule has 11 nitrogen and oxygen atoms in total. The average Bonchev–Trinajstić information content (AvgIpc) is 3.82. The quantitative estimate of drug-likeness (QED) is 0.208. The normalized spacial score (nSPS) is 21.3. The molecule has 48 heavy (non-hydrogen) atoms. The van der Waals surface area contributed by atoms with Gasteiger partial charge in [-0.3, -0.25) is 0 Å². The van der Waals surface area contributed by atoms with Crippen molar-refractivity contribution < 1.29 is 40.9 Å². The van der Waals surface area contributed by atoms with E-state index >= 15 is 0 Å². The molecule has 2 unspecified atom stereocenters. The first kappa shape index (κ1) is 34.9. The van der Waals surface area contributed by atoms with E-state index in [2.05, 4.69) is 5.32 Å². The van der Waals surface area contributed by atoms with Gasteiger partial charge >= 0.3 is 0 Å². The first-order valence-electron chi connectivity index (χ1n) is 16.1. The minimum atomic E-state index is -3.79. The topological polar surface area (TPSA) is 168 Å². The molecule has 3 aromatic rings. The number of hydrogen-bond acceptors (Lipinski definition) is 10. The van der Waals surface area contributed by atoms with E-state index in [9.17, 15) is 31.4 Å². The Morgan fingerprint density at radius 1 is 0.979 bits per heavy atom. The van der Waals surface area contributed by atoms with Crippen LogP contribution in [-0.2, 0) is 31.1 Å². The van der Waals surface area contributed by atoms with Crippen LogP contribution in [0.15, 0.2) is 76.5 Å². The number of ether oxygens (including phenoxy) is 2. The molecule has 5 N–H and O–H groups in total. The fourth-order valence-corrected chi connectivity index (χ4v) is 9.85. The molecule has 2 aliphatic heterocycles. The molecule has 260 valence electrons. The van der Waals surface area contributed by atoms with Crippen LogP contribution in [0, 0.1) is 5.82 Å². The third kappa shape index (κ3) is 7.03. The van der Waals surface area contributed by atoms with Crippen molar-refractivity contribution in [3.8, 4) is 16.9 Å². The molecule has 2 heterocycles. The number of nitrogens with two attached hydrogens (primary N) is 1. The summed E-state index contributed by atoms with van der Waals surface area (Å²) in [6.07, 6.45) is 1.70. The van der Waals surface area contributed by atoms with E-state index in [1.807, 2.05) is 0 Å². The van der Waals surface area contributed by atoms with Gasteiger partial charge in [0.15, 0.2) is 9.84 Å². The molecule has 3 aromatic carbocycles. The standard InChI is InChI=1S/C34H42FN3O8S2/c35-32-16-25(7-8-26(32)19-36)24-3-1-6-31(15-24)48(43,44)38-13-11-33(12-14-38)18-27(21-46-33)37-20-28(40)22-45-29-4-2-5-30(17-29)47(41,42)34(23-39)9-10-34/h1-8,15-17,27-28,37,39-40H,9-14,18-23,36H2. The van der Waals surface area contributed by atoms with Gasteiger partial charge in [-0.05, 0) is 79.6 Å². The zero-order valence-electron chi connectivity index (χ0n) is 26.6. The van der Waals surface area contributed by atoms with Gasteiger partial charge < -0.3 is 30.7 Å². The van der Waals surface area contributed by atoms with Gasteiger partial charge in [-0.1, -0.05) is 30.3 Å². The maximum absolute atomic E-state index is 14.3. The molecule has 0 aromatic heterocycles. The zero-order valence-corrected chi connectivity index (χ0v) is 28.2. The van der Waals surface area contributed by atoms with Crippen molar-refractivity contribution in [3.05, 3.63) is 78.1 Å². The van der Waals surface area contributed by atoms with Crippen molar-refractivity contribution in [3.63, 3.8) is 0 Å².